The predicted molar refractivity (Wildman–Crippen MR) is 54.0 cm³/mol. The van der Waals surface area contributed by atoms with Crippen LogP contribution in [0.3, 0.4) is 0 Å². The fourth-order valence-electron chi connectivity index (χ4n) is 0.929. The summed E-state index contributed by atoms with van der Waals surface area (Å²) in [5, 5.41) is 2.52. The number of aromatic nitrogens is 2. The maximum atomic E-state index is 5.50. The second-order valence-corrected chi connectivity index (χ2v) is 4.03. The number of aromatic amines is 1. The van der Waals surface area contributed by atoms with Crippen molar-refractivity contribution >= 4 is 32.4 Å². The number of halogens is 1. The number of nitrogens with zero attached hydrogens (tertiary/aromatic N) is 1. The van der Waals surface area contributed by atoms with Crippen LogP contribution in [0, 0.1) is 0 Å². The minimum Gasteiger partial charge on any atom is -0.375 e. The highest BCUT2D eigenvalue weighted by molar-refractivity contribution is 9.10. The zero-order valence-corrected chi connectivity index (χ0v) is 8.45. The minimum absolute atomic E-state index is 0.593. The van der Waals surface area contributed by atoms with E-state index in [4.69, 9.17) is 5.73 Å². The molecule has 0 atom stereocenters. The molecule has 2 aromatic heterocycles. The van der Waals surface area contributed by atoms with Crippen LogP contribution in [-0.2, 0) is 0 Å². The van der Waals surface area contributed by atoms with E-state index in [9.17, 15) is 0 Å². The number of nitrogens with one attached hydrogen (secondary N) is 1. The molecule has 0 spiro atoms. The van der Waals surface area contributed by atoms with E-state index < -0.39 is 0 Å². The van der Waals surface area contributed by atoms with Gasteiger partial charge in [-0.05, 0) is 28.1 Å². The standard InChI is InChI=1S/C7H6BrN3S/c8-6-2-1-4(10-6)5-3-12-7(9)11-5/h1-3,10H,(H2,9,11). The summed E-state index contributed by atoms with van der Waals surface area (Å²) in [6.07, 6.45) is 0. The lowest BCUT2D eigenvalue weighted by atomic mass is 10.3. The van der Waals surface area contributed by atoms with Crippen molar-refractivity contribution in [3.63, 3.8) is 0 Å². The smallest absolute Gasteiger partial charge is 0.180 e. The zero-order chi connectivity index (χ0) is 8.55. The SMILES string of the molecule is Nc1nc(-c2ccc(Br)[nH]2)cs1. The van der Waals surface area contributed by atoms with Gasteiger partial charge in [0.05, 0.1) is 16.0 Å². The third kappa shape index (κ3) is 1.37. The van der Waals surface area contributed by atoms with Crippen molar-refractivity contribution in [1.29, 1.82) is 0 Å². The Balaban J connectivity index is 2.43. The fourth-order valence-corrected chi connectivity index (χ4v) is 1.84. The van der Waals surface area contributed by atoms with Crippen molar-refractivity contribution in [3.05, 3.63) is 22.1 Å². The highest BCUT2D eigenvalue weighted by atomic mass is 79.9. The Kier molecular flexibility index (Phi) is 1.90. The van der Waals surface area contributed by atoms with Crippen molar-refractivity contribution in [2.75, 3.05) is 5.73 Å². The summed E-state index contributed by atoms with van der Waals surface area (Å²) in [7, 11) is 0. The minimum atomic E-state index is 0.593. The van der Waals surface area contributed by atoms with Gasteiger partial charge in [0, 0.05) is 5.38 Å². The maximum absolute atomic E-state index is 5.50. The Labute approximate surface area is 81.8 Å². The van der Waals surface area contributed by atoms with Gasteiger partial charge < -0.3 is 10.7 Å². The number of anilines is 1. The van der Waals surface area contributed by atoms with Gasteiger partial charge in [-0.2, -0.15) is 0 Å². The number of H-pyrrole nitrogens is 1. The summed E-state index contributed by atoms with van der Waals surface area (Å²) in [5.41, 5.74) is 7.38. The first-order valence-corrected chi connectivity index (χ1v) is 4.99. The molecule has 0 fully saturated rings. The van der Waals surface area contributed by atoms with Crippen molar-refractivity contribution in [2.24, 2.45) is 0 Å². The second kappa shape index (κ2) is 2.91. The van der Waals surface area contributed by atoms with Gasteiger partial charge >= 0.3 is 0 Å². The Hall–Kier alpha value is -0.810. The Bertz CT molecular complexity index is 355. The molecule has 0 radical (unpaired) electrons. The normalized spacial score (nSPS) is 10.4. The van der Waals surface area contributed by atoms with Crippen molar-refractivity contribution in [2.45, 2.75) is 0 Å². The van der Waals surface area contributed by atoms with E-state index in [1.165, 1.54) is 11.3 Å². The van der Waals surface area contributed by atoms with Gasteiger partial charge in [-0.3, -0.25) is 0 Å². The molecule has 0 aromatic carbocycles. The predicted octanol–water partition coefficient (Wildman–Crippen LogP) is 2.48. The highest BCUT2D eigenvalue weighted by Gasteiger charge is 2.03. The van der Waals surface area contributed by atoms with E-state index in [0.717, 1.165) is 16.0 Å². The van der Waals surface area contributed by atoms with Gasteiger partial charge in [0.15, 0.2) is 5.13 Å². The number of nitrogens with two attached hydrogens (primary N) is 1. The molecule has 12 heavy (non-hydrogen) atoms. The lowest BCUT2D eigenvalue weighted by Crippen LogP contribution is -1.82. The average Bonchev–Trinajstić information content (AvgIpc) is 2.58. The monoisotopic (exact) mass is 243 g/mol. The third-order valence-electron chi connectivity index (χ3n) is 1.45. The maximum Gasteiger partial charge on any atom is 0.180 e. The molecule has 0 amide bonds. The summed E-state index contributed by atoms with van der Waals surface area (Å²) in [6, 6.07) is 3.89. The first-order valence-electron chi connectivity index (χ1n) is 3.31. The molecule has 0 aliphatic rings. The van der Waals surface area contributed by atoms with Crippen molar-refractivity contribution < 1.29 is 0 Å². The number of rotatable bonds is 1. The van der Waals surface area contributed by atoms with Gasteiger partial charge in [-0.25, -0.2) is 4.98 Å². The molecule has 2 heterocycles. The topological polar surface area (TPSA) is 54.7 Å². The van der Waals surface area contributed by atoms with E-state index >= 15 is 0 Å². The molecule has 2 rings (SSSR count). The van der Waals surface area contributed by atoms with Crippen molar-refractivity contribution in [3.8, 4) is 11.4 Å². The molecule has 0 aliphatic carbocycles. The fraction of sp³-hybridized carbons (Fsp3) is 0. The zero-order valence-electron chi connectivity index (χ0n) is 6.04. The molecular formula is C7H6BrN3S. The number of hydrogen-bond donors (Lipinski definition) is 2. The summed E-state index contributed by atoms with van der Waals surface area (Å²) < 4.78 is 0.948. The van der Waals surface area contributed by atoms with Crippen LogP contribution in [0.1, 0.15) is 0 Å². The Morgan fingerprint density at radius 1 is 1.50 bits per heavy atom. The van der Waals surface area contributed by atoms with E-state index in [1.54, 1.807) is 0 Å². The molecule has 0 saturated carbocycles. The lowest BCUT2D eigenvalue weighted by Gasteiger charge is -1.87. The molecule has 0 bridgehead atoms. The van der Waals surface area contributed by atoms with Gasteiger partial charge in [-0.15, -0.1) is 11.3 Å². The largest absolute Gasteiger partial charge is 0.375 e. The number of nitrogen functional groups attached to an aromatic ring is 1. The van der Waals surface area contributed by atoms with Gasteiger partial charge in [-0.1, -0.05) is 0 Å². The molecule has 3 nitrogen and oxygen atoms in total. The van der Waals surface area contributed by atoms with Crippen LogP contribution < -0.4 is 5.73 Å². The van der Waals surface area contributed by atoms with Crippen LogP contribution in [-0.4, -0.2) is 9.97 Å². The molecule has 0 unspecified atom stereocenters. The molecule has 0 saturated heterocycles. The summed E-state index contributed by atoms with van der Waals surface area (Å²) in [6.45, 7) is 0. The Morgan fingerprint density at radius 3 is 2.83 bits per heavy atom. The van der Waals surface area contributed by atoms with E-state index in [-0.39, 0.29) is 0 Å². The molecular weight excluding hydrogens is 238 g/mol. The van der Waals surface area contributed by atoms with Crippen LogP contribution in [0.15, 0.2) is 22.1 Å². The summed E-state index contributed by atoms with van der Waals surface area (Å²) in [4.78, 5) is 7.25. The summed E-state index contributed by atoms with van der Waals surface area (Å²) in [5.74, 6) is 0. The number of hydrogen-bond acceptors (Lipinski definition) is 3. The average molecular weight is 244 g/mol. The van der Waals surface area contributed by atoms with E-state index in [2.05, 4.69) is 25.9 Å². The molecule has 62 valence electrons. The molecule has 3 N–H and O–H groups in total. The quantitative estimate of drug-likeness (QED) is 0.809. The van der Waals surface area contributed by atoms with E-state index in [0.29, 0.717) is 5.13 Å². The van der Waals surface area contributed by atoms with E-state index in [1.807, 2.05) is 17.5 Å². The van der Waals surface area contributed by atoms with Gasteiger partial charge in [0.1, 0.15) is 0 Å². The van der Waals surface area contributed by atoms with Crippen LogP contribution in [0.4, 0.5) is 5.13 Å². The third-order valence-corrected chi connectivity index (χ3v) is 2.58. The van der Waals surface area contributed by atoms with Crippen molar-refractivity contribution in [1.82, 2.24) is 9.97 Å². The number of thiazole rings is 1. The van der Waals surface area contributed by atoms with Gasteiger partial charge in [0.25, 0.3) is 0 Å². The molecule has 5 heteroatoms. The first-order chi connectivity index (χ1) is 5.75. The second-order valence-electron chi connectivity index (χ2n) is 2.29. The van der Waals surface area contributed by atoms with Crippen LogP contribution in [0.5, 0.6) is 0 Å². The summed E-state index contributed by atoms with van der Waals surface area (Å²) >= 11 is 4.76. The van der Waals surface area contributed by atoms with Gasteiger partial charge in [0.2, 0.25) is 0 Å². The Morgan fingerprint density at radius 2 is 2.33 bits per heavy atom. The highest BCUT2D eigenvalue weighted by Crippen LogP contribution is 2.23. The lowest BCUT2D eigenvalue weighted by molar-refractivity contribution is 1.31. The van der Waals surface area contributed by atoms with Crippen LogP contribution >= 0.6 is 27.3 Å². The van der Waals surface area contributed by atoms with Crippen LogP contribution in [0.25, 0.3) is 11.4 Å². The molecule has 2 aromatic rings. The first kappa shape index (κ1) is 7.82. The van der Waals surface area contributed by atoms with Crippen LogP contribution in [0.2, 0.25) is 0 Å². The molecule has 0 aliphatic heterocycles.